The zero-order valence-corrected chi connectivity index (χ0v) is 11.6. The summed E-state index contributed by atoms with van der Waals surface area (Å²) in [6.45, 7) is 7.50. The molecule has 1 aromatic rings. The van der Waals surface area contributed by atoms with Crippen molar-refractivity contribution in [1.82, 2.24) is 5.32 Å². The van der Waals surface area contributed by atoms with Crippen LogP contribution in [0.2, 0.25) is 0 Å². The lowest BCUT2D eigenvalue weighted by molar-refractivity contribution is 0.658. The van der Waals surface area contributed by atoms with Crippen molar-refractivity contribution in [1.29, 1.82) is 0 Å². The summed E-state index contributed by atoms with van der Waals surface area (Å²) in [5, 5.41) is 4.58. The molecule has 0 aliphatic carbocycles. The van der Waals surface area contributed by atoms with Gasteiger partial charge in [-0.3, -0.25) is 4.99 Å². The van der Waals surface area contributed by atoms with Crippen LogP contribution in [0.15, 0.2) is 29.3 Å². The fraction of sp³-hybridized carbons (Fsp3) is 0.500. The molecule has 1 aromatic carbocycles. The standard InChI is InChI=1S/C14H20N2S/c1-10-4-6-13(7-5-10)12(3)16-14-15-8-11(2)9-17-14/h4-7,11-12H,8-9H2,1-3H3,(H,15,16). The van der Waals surface area contributed by atoms with Crippen LogP contribution in [-0.4, -0.2) is 17.5 Å². The maximum absolute atomic E-state index is 4.56. The van der Waals surface area contributed by atoms with E-state index in [9.17, 15) is 0 Å². The highest BCUT2D eigenvalue weighted by Crippen LogP contribution is 2.19. The van der Waals surface area contributed by atoms with E-state index in [1.165, 1.54) is 16.9 Å². The lowest BCUT2D eigenvalue weighted by Gasteiger charge is -2.21. The molecule has 0 saturated carbocycles. The average molecular weight is 248 g/mol. The number of aliphatic imine (C=N–C) groups is 1. The molecular formula is C14H20N2S. The van der Waals surface area contributed by atoms with Gasteiger partial charge in [0.25, 0.3) is 0 Å². The molecule has 0 saturated heterocycles. The number of thioether (sulfide) groups is 1. The fourth-order valence-electron chi connectivity index (χ4n) is 1.77. The molecule has 0 radical (unpaired) electrons. The first-order chi connectivity index (χ1) is 8.15. The lowest BCUT2D eigenvalue weighted by Crippen LogP contribution is -2.28. The molecule has 2 nitrogen and oxygen atoms in total. The SMILES string of the molecule is Cc1ccc(C(C)NC2=NCC(C)CS2)cc1. The van der Waals surface area contributed by atoms with E-state index in [4.69, 9.17) is 0 Å². The Hall–Kier alpha value is -0.960. The Morgan fingerprint density at radius 2 is 2.06 bits per heavy atom. The summed E-state index contributed by atoms with van der Waals surface area (Å²) in [6, 6.07) is 9.01. The highest BCUT2D eigenvalue weighted by atomic mass is 32.2. The van der Waals surface area contributed by atoms with Gasteiger partial charge in [-0.1, -0.05) is 48.5 Å². The second-order valence-corrected chi connectivity index (χ2v) is 5.85. The molecule has 2 atom stereocenters. The summed E-state index contributed by atoms with van der Waals surface area (Å²) in [5.74, 6) is 1.88. The normalized spacial score (nSPS) is 21.8. The van der Waals surface area contributed by atoms with Gasteiger partial charge in [0, 0.05) is 12.3 Å². The number of hydrogen-bond donors (Lipinski definition) is 1. The topological polar surface area (TPSA) is 24.4 Å². The van der Waals surface area contributed by atoms with Crippen LogP contribution in [0.3, 0.4) is 0 Å². The van der Waals surface area contributed by atoms with Gasteiger partial charge in [0.15, 0.2) is 5.17 Å². The molecule has 0 bridgehead atoms. The molecule has 3 heteroatoms. The predicted octanol–water partition coefficient (Wildman–Crippen LogP) is 3.38. The third-order valence-corrected chi connectivity index (χ3v) is 4.22. The summed E-state index contributed by atoms with van der Waals surface area (Å²) >= 11 is 1.84. The number of benzene rings is 1. The zero-order chi connectivity index (χ0) is 12.3. The number of nitrogens with one attached hydrogen (secondary N) is 1. The molecule has 1 heterocycles. The molecule has 1 N–H and O–H groups in total. The van der Waals surface area contributed by atoms with Crippen LogP contribution in [0.5, 0.6) is 0 Å². The maximum Gasteiger partial charge on any atom is 0.157 e. The molecule has 0 fully saturated rings. The lowest BCUT2D eigenvalue weighted by atomic mass is 10.1. The van der Waals surface area contributed by atoms with Gasteiger partial charge in [-0.2, -0.15) is 0 Å². The van der Waals surface area contributed by atoms with Crippen molar-refractivity contribution < 1.29 is 0 Å². The van der Waals surface area contributed by atoms with Crippen LogP contribution in [-0.2, 0) is 0 Å². The van der Waals surface area contributed by atoms with Crippen LogP contribution < -0.4 is 5.32 Å². The smallest absolute Gasteiger partial charge is 0.157 e. The molecule has 1 aliphatic rings. The highest BCUT2D eigenvalue weighted by Gasteiger charge is 2.14. The highest BCUT2D eigenvalue weighted by molar-refractivity contribution is 8.13. The van der Waals surface area contributed by atoms with Gasteiger partial charge >= 0.3 is 0 Å². The van der Waals surface area contributed by atoms with E-state index in [0.717, 1.165) is 11.7 Å². The third-order valence-electron chi connectivity index (χ3n) is 2.97. The van der Waals surface area contributed by atoms with Gasteiger partial charge in [-0.05, 0) is 25.3 Å². The zero-order valence-electron chi connectivity index (χ0n) is 10.7. The fourth-order valence-corrected chi connectivity index (χ4v) is 2.74. The maximum atomic E-state index is 4.56. The molecule has 0 aromatic heterocycles. The van der Waals surface area contributed by atoms with E-state index >= 15 is 0 Å². The van der Waals surface area contributed by atoms with Crippen molar-refractivity contribution in [2.45, 2.75) is 26.8 Å². The summed E-state index contributed by atoms with van der Waals surface area (Å²) in [7, 11) is 0. The van der Waals surface area contributed by atoms with Crippen molar-refractivity contribution in [2.75, 3.05) is 12.3 Å². The van der Waals surface area contributed by atoms with Gasteiger partial charge in [0.2, 0.25) is 0 Å². The first kappa shape index (κ1) is 12.5. The van der Waals surface area contributed by atoms with Gasteiger partial charge in [-0.25, -0.2) is 0 Å². The second-order valence-electron chi connectivity index (χ2n) is 4.84. The van der Waals surface area contributed by atoms with Crippen molar-refractivity contribution in [3.63, 3.8) is 0 Å². The summed E-state index contributed by atoms with van der Waals surface area (Å²) in [4.78, 5) is 4.56. The first-order valence-corrected chi connectivity index (χ1v) is 7.14. The Balaban J connectivity index is 1.97. The molecule has 0 amide bonds. The Morgan fingerprint density at radius 1 is 1.35 bits per heavy atom. The monoisotopic (exact) mass is 248 g/mol. The van der Waals surface area contributed by atoms with E-state index in [1.54, 1.807) is 0 Å². The number of nitrogens with zero attached hydrogens (tertiary/aromatic N) is 1. The number of aryl methyl sites for hydroxylation is 1. The Labute approximate surface area is 108 Å². The van der Waals surface area contributed by atoms with Crippen molar-refractivity contribution >= 4 is 16.9 Å². The van der Waals surface area contributed by atoms with Crippen molar-refractivity contribution in [2.24, 2.45) is 10.9 Å². The van der Waals surface area contributed by atoms with Crippen LogP contribution in [0.4, 0.5) is 0 Å². The second kappa shape index (κ2) is 5.58. The van der Waals surface area contributed by atoms with E-state index in [0.29, 0.717) is 12.0 Å². The molecule has 0 spiro atoms. The minimum absolute atomic E-state index is 0.329. The van der Waals surface area contributed by atoms with Crippen LogP contribution in [0, 0.1) is 12.8 Å². The molecule has 17 heavy (non-hydrogen) atoms. The van der Waals surface area contributed by atoms with Gasteiger partial charge in [0.1, 0.15) is 0 Å². The molecule has 1 aliphatic heterocycles. The van der Waals surface area contributed by atoms with Crippen molar-refractivity contribution in [3.8, 4) is 0 Å². The largest absolute Gasteiger partial charge is 0.358 e. The van der Waals surface area contributed by atoms with Crippen molar-refractivity contribution in [3.05, 3.63) is 35.4 Å². The number of amidine groups is 1. The summed E-state index contributed by atoms with van der Waals surface area (Å²) in [5.41, 5.74) is 2.62. The summed E-state index contributed by atoms with van der Waals surface area (Å²) < 4.78 is 0. The van der Waals surface area contributed by atoms with E-state index in [1.807, 2.05) is 11.8 Å². The molecular weight excluding hydrogens is 228 g/mol. The minimum Gasteiger partial charge on any atom is -0.358 e. The quantitative estimate of drug-likeness (QED) is 0.867. The first-order valence-electron chi connectivity index (χ1n) is 6.15. The third kappa shape index (κ3) is 3.50. The van der Waals surface area contributed by atoms with Crippen LogP contribution in [0.25, 0.3) is 0 Å². The van der Waals surface area contributed by atoms with E-state index < -0.39 is 0 Å². The average Bonchev–Trinajstić information content (AvgIpc) is 2.33. The van der Waals surface area contributed by atoms with E-state index in [-0.39, 0.29) is 0 Å². The Morgan fingerprint density at radius 3 is 2.65 bits per heavy atom. The minimum atomic E-state index is 0.329. The van der Waals surface area contributed by atoms with Crippen LogP contribution >= 0.6 is 11.8 Å². The Kier molecular flexibility index (Phi) is 4.11. The van der Waals surface area contributed by atoms with Crippen LogP contribution in [0.1, 0.15) is 31.0 Å². The van der Waals surface area contributed by atoms with Gasteiger partial charge in [-0.15, -0.1) is 0 Å². The number of rotatable bonds is 2. The summed E-state index contributed by atoms with van der Waals surface area (Å²) in [6.07, 6.45) is 0. The molecule has 2 unspecified atom stereocenters. The van der Waals surface area contributed by atoms with Gasteiger partial charge < -0.3 is 5.32 Å². The Bertz CT molecular complexity index is 397. The number of hydrogen-bond acceptors (Lipinski definition) is 3. The molecule has 92 valence electrons. The molecule has 2 rings (SSSR count). The van der Waals surface area contributed by atoms with E-state index in [2.05, 4.69) is 55.3 Å². The van der Waals surface area contributed by atoms with Gasteiger partial charge in [0.05, 0.1) is 6.04 Å². The predicted molar refractivity (Wildman–Crippen MR) is 76.7 cm³/mol.